The number of aromatic nitrogens is 1. The van der Waals surface area contributed by atoms with E-state index in [9.17, 15) is 9.18 Å². The minimum atomic E-state index is -0.559. The van der Waals surface area contributed by atoms with E-state index in [1.165, 1.54) is 6.20 Å². The fraction of sp³-hybridized carbons (Fsp3) is 0.500. The van der Waals surface area contributed by atoms with Crippen LogP contribution >= 0.6 is 0 Å². The van der Waals surface area contributed by atoms with Crippen LogP contribution in [0.15, 0.2) is 22.5 Å². The molecule has 2 heterocycles. The second-order valence-corrected chi connectivity index (χ2v) is 5.57. The molecule has 0 bridgehead atoms. The Balaban J connectivity index is 1.84. The number of nitrogens with zero attached hydrogens (tertiary/aromatic N) is 3. The van der Waals surface area contributed by atoms with Crippen molar-refractivity contribution in [2.24, 2.45) is 10.2 Å². The highest BCUT2D eigenvalue weighted by Gasteiger charge is 2.39. The van der Waals surface area contributed by atoms with E-state index in [-0.39, 0.29) is 12.3 Å². The molecule has 1 amide bonds. The van der Waals surface area contributed by atoms with Gasteiger partial charge in [0.25, 0.3) is 0 Å². The summed E-state index contributed by atoms with van der Waals surface area (Å²) in [6, 6.07) is 1.25. The summed E-state index contributed by atoms with van der Waals surface area (Å²) in [5.41, 5.74) is 0.765. The van der Waals surface area contributed by atoms with Gasteiger partial charge in [-0.2, -0.15) is 14.6 Å². The third-order valence-corrected chi connectivity index (χ3v) is 3.65. The quantitative estimate of drug-likeness (QED) is 0.621. The number of carbonyl (C=O) groups excluding carboxylic acids is 1. The van der Waals surface area contributed by atoms with Gasteiger partial charge in [-0.25, -0.2) is 4.98 Å². The van der Waals surface area contributed by atoms with Crippen molar-refractivity contribution in [3.63, 3.8) is 0 Å². The lowest BCUT2D eigenvalue weighted by Gasteiger charge is -2.16. The Morgan fingerprint density at radius 2 is 2.23 bits per heavy atom. The highest BCUT2D eigenvalue weighted by atomic mass is 19.1. The van der Waals surface area contributed by atoms with E-state index in [0.717, 1.165) is 5.56 Å². The molecular weight excluding hydrogens is 283 g/mol. The molecule has 1 aliphatic rings. The fourth-order valence-corrected chi connectivity index (χ4v) is 2.25. The lowest BCUT2D eigenvalue weighted by atomic mass is 10.0. The van der Waals surface area contributed by atoms with Gasteiger partial charge in [0.2, 0.25) is 11.9 Å². The normalized spacial score (nSPS) is 15.9. The molecule has 1 aliphatic heterocycles. The van der Waals surface area contributed by atoms with E-state index < -0.39 is 17.7 Å². The van der Waals surface area contributed by atoms with Crippen molar-refractivity contribution >= 4 is 5.91 Å². The molecule has 0 fully saturated rings. The number of nitrogens with one attached hydrogen (secondary N) is 1. The van der Waals surface area contributed by atoms with Crippen LogP contribution in [0.3, 0.4) is 0 Å². The van der Waals surface area contributed by atoms with Crippen LogP contribution in [0.2, 0.25) is 0 Å². The first-order valence-electron chi connectivity index (χ1n) is 7.25. The van der Waals surface area contributed by atoms with E-state index in [1.807, 2.05) is 6.92 Å². The van der Waals surface area contributed by atoms with Crippen molar-refractivity contribution in [1.29, 1.82) is 0 Å². The monoisotopic (exact) mass is 302 g/mol. The highest BCUT2D eigenvalue weighted by molar-refractivity contribution is 5.76. The maximum Gasteiger partial charge on any atom is 0.220 e. The van der Waals surface area contributed by atoms with Gasteiger partial charge in [0.15, 0.2) is 5.66 Å². The molecule has 0 radical (unpaired) electrons. The molecule has 6 heteroatoms. The summed E-state index contributed by atoms with van der Waals surface area (Å²) in [6.45, 7) is 3.56. The molecule has 0 saturated heterocycles. The number of amides is 1. The van der Waals surface area contributed by atoms with Crippen molar-refractivity contribution < 1.29 is 9.18 Å². The van der Waals surface area contributed by atoms with Gasteiger partial charge in [-0.15, -0.1) is 12.3 Å². The Hall–Kier alpha value is -2.29. The molecule has 0 spiro atoms. The van der Waals surface area contributed by atoms with Gasteiger partial charge in [0.05, 0.1) is 6.04 Å². The van der Waals surface area contributed by atoms with Gasteiger partial charge in [-0.3, -0.25) is 4.79 Å². The Morgan fingerprint density at radius 3 is 2.86 bits per heavy atom. The number of rotatable bonds is 7. The highest BCUT2D eigenvalue weighted by Crippen LogP contribution is 2.37. The fourth-order valence-electron chi connectivity index (χ4n) is 2.25. The van der Waals surface area contributed by atoms with Crippen LogP contribution in [0.5, 0.6) is 0 Å². The smallest absolute Gasteiger partial charge is 0.220 e. The van der Waals surface area contributed by atoms with Crippen LogP contribution in [0, 0.1) is 25.2 Å². The van der Waals surface area contributed by atoms with Gasteiger partial charge in [0.1, 0.15) is 0 Å². The van der Waals surface area contributed by atoms with Gasteiger partial charge in [-0.1, -0.05) is 0 Å². The Labute approximate surface area is 129 Å². The van der Waals surface area contributed by atoms with Crippen LogP contribution in [0.1, 0.15) is 49.8 Å². The van der Waals surface area contributed by atoms with E-state index in [2.05, 4.69) is 26.4 Å². The predicted octanol–water partition coefficient (Wildman–Crippen LogP) is 3.06. The maximum absolute atomic E-state index is 13.7. The van der Waals surface area contributed by atoms with Crippen molar-refractivity contribution in [1.82, 2.24) is 10.3 Å². The topological polar surface area (TPSA) is 66.7 Å². The third-order valence-electron chi connectivity index (χ3n) is 3.65. The number of aryl methyl sites for hydroxylation is 1. The maximum atomic E-state index is 13.7. The van der Waals surface area contributed by atoms with E-state index in [0.29, 0.717) is 24.8 Å². The predicted molar refractivity (Wildman–Crippen MR) is 80.4 cm³/mol. The zero-order chi connectivity index (χ0) is 16.2. The summed E-state index contributed by atoms with van der Waals surface area (Å²) in [7, 11) is 0. The van der Waals surface area contributed by atoms with Crippen molar-refractivity contribution in [2.45, 2.75) is 51.2 Å². The van der Waals surface area contributed by atoms with Gasteiger partial charge in [-0.05, 0) is 25.5 Å². The summed E-state index contributed by atoms with van der Waals surface area (Å²) in [5, 5.41) is 10.7. The van der Waals surface area contributed by atoms with Crippen molar-refractivity contribution in [3.05, 3.63) is 29.3 Å². The van der Waals surface area contributed by atoms with Crippen LogP contribution < -0.4 is 5.32 Å². The first kappa shape index (κ1) is 16.1. The number of hydrogen-bond acceptors (Lipinski definition) is 4. The zero-order valence-corrected chi connectivity index (χ0v) is 12.8. The van der Waals surface area contributed by atoms with Crippen LogP contribution in [-0.4, -0.2) is 16.6 Å². The number of halogens is 1. The standard InChI is InChI=1S/C16H19FN4O/c1-4-5-7-16(20-21-16)8-6-14(22)19-12(3)13-9-11(2)10-18-15(13)17/h1,9-10,12H,5-8H2,2-3H3,(H,19,22). The number of pyridine rings is 1. The zero-order valence-electron chi connectivity index (χ0n) is 12.8. The first-order chi connectivity index (χ1) is 10.5. The van der Waals surface area contributed by atoms with Gasteiger partial charge >= 0.3 is 0 Å². The average Bonchev–Trinajstić information content (AvgIpc) is 3.26. The summed E-state index contributed by atoms with van der Waals surface area (Å²) < 4.78 is 13.7. The number of terminal acetylenes is 1. The number of carbonyl (C=O) groups is 1. The average molecular weight is 302 g/mol. The Bertz CT molecular complexity index is 630. The summed E-state index contributed by atoms with van der Waals surface area (Å²) in [4.78, 5) is 15.7. The molecule has 1 N–H and O–H groups in total. The lowest BCUT2D eigenvalue weighted by molar-refractivity contribution is -0.122. The second kappa shape index (κ2) is 6.65. The molecular formula is C16H19FN4O. The van der Waals surface area contributed by atoms with E-state index in [4.69, 9.17) is 6.42 Å². The minimum absolute atomic E-state index is 0.161. The molecule has 1 atom stereocenters. The SMILES string of the molecule is C#CCCC1(CCC(=O)NC(C)c2cc(C)cnc2F)N=N1. The van der Waals surface area contributed by atoms with Crippen molar-refractivity contribution in [2.75, 3.05) is 0 Å². The molecule has 116 valence electrons. The summed E-state index contributed by atoms with van der Waals surface area (Å²) in [6.07, 6.45) is 8.75. The Kier molecular flexibility index (Phi) is 4.86. The molecule has 0 aliphatic carbocycles. The molecule has 2 rings (SSSR count). The molecule has 1 unspecified atom stereocenters. The molecule has 22 heavy (non-hydrogen) atoms. The van der Waals surface area contributed by atoms with Crippen molar-refractivity contribution in [3.8, 4) is 12.3 Å². The molecule has 0 aromatic carbocycles. The summed E-state index contributed by atoms with van der Waals surface area (Å²) >= 11 is 0. The Morgan fingerprint density at radius 1 is 1.50 bits per heavy atom. The minimum Gasteiger partial charge on any atom is -0.349 e. The lowest BCUT2D eigenvalue weighted by Crippen LogP contribution is -2.28. The third kappa shape index (κ3) is 4.10. The van der Waals surface area contributed by atoms with E-state index >= 15 is 0 Å². The van der Waals surface area contributed by atoms with Gasteiger partial charge in [0, 0.05) is 37.4 Å². The van der Waals surface area contributed by atoms with Crippen LogP contribution in [0.4, 0.5) is 4.39 Å². The van der Waals surface area contributed by atoms with Gasteiger partial charge < -0.3 is 5.32 Å². The largest absolute Gasteiger partial charge is 0.349 e. The summed E-state index contributed by atoms with van der Waals surface area (Å²) in [5.74, 6) is 1.83. The molecule has 0 saturated carbocycles. The number of hydrogen-bond donors (Lipinski definition) is 1. The first-order valence-corrected chi connectivity index (χ1v) is 7.25. The molecule has 5 nitrogen and oxygen atoms in total. The van der Waals surface area contributed by atoms with E-state index in [1.54, 1.807) is 13.0 Å². The molecule has 1 aromatic rings. The second-order valence-electron chi connectivity index (χ2n) is 5.57. The van der Waals surface area contributed by atoms with Crippen LogP contribution in [0.25, 0.3) is 0 Å². The molecule has 1 aromatic heterocycles. The van der Waals surface area contributed by atoms with Crippen LogP contribution in [-0.2, 0) is 4.79 Å².